The molecule has 0 radical (unpaired) electrons. The molecule has 1 aliphatic carbocycles. The van der Waals surface area contributed by atoms with Crippen molar-refractivity contribution in [1.82, 2.24) is 24.7 Å². The minimum absolute atomic E-state index is 0.228. The predicted molar refractivity (Wildman–Crippen MR) is 105 cm³/mol. The Kier molecular flexibility index (Phi) is 3.79. The van der Waals surface area contributed by atoms with Crippen molar-refractivity contribution in [2.45, 2.75) is 25.3 Å². The van der Waals surface area contributed by atoms with Gasteiger partial charge in [0.25, 0.3) is 0 Å². The lowest BCUT2D eigenvalue weighted by Crippen LogP contribution is -2.20. The van der Waals surface area contributed by atoms with E-state index >= 15 is 0 Å². The number of nitrogens with zero attached hydrogens (tertiary/aromatic N) is 5. The molecule has 2 N–H and O–H groups in total. The number of aryl methyl sites for hydroxylation is 1. The first-order valence-corrected chi connectivity index (χ1v) is 9.26. The second kappa shape index (κ2) is 6.32. The molecule has 0 spiro atoms. The maximum absolute atomic E-state index is 6.19. The van der Waals surface area contributed by atoms with Crippen LogP contribution in [-0.2, 0) is 12.8 Å². The van der Waals surface area contributed by atoms with Crippen LogP contribution in [0.1, 0.15) is 23.6 Å². The van der Waals surface area contributed by atoms with Crippen LogP contribution in [0.25, 0.3) is 22.3 Å². The maximum Gasteiger partial charge on any atom is 0.164 e. The highest BCUT2D eigenvalue weighted by molar-refractivity contribution is 6.29. The smallest absolute Gasteiger partial charge is 0.164 e. The minimum atomic E-state index is 0.228. The van der Waals surface area contributed by atoms with Crippen molar-refractivity contribution in [3.8, 4) is 11.3 Å². The zero-order valence-electron chi connectivity index (χ0n) is 14.5. The zero-order chi connectivity index (χ0) is 18.4. The van der Waals surface area contributed by atoms with Crippen LogP contribution in [0.4, 0.5) is 5.82 Å². The molecule has 1 atom stereocenters. The molecule has 4 aromatic rings. The monoisotopic (exact) mass is 376 g/mol. The Morgan fingerprint density at radius 3 is 2.70 bits per heavy atom. The Balaban J connectivity index is 1.66. The molecule has 3 aromatic heterocycles. The van der Waals surface area contributed by atoms with Crippen molar-refractivity contribution in [2.24, 2.45) is 0 Å². The lowest BCUT2D eigenvalue weighted by Gasteiger charge is -2.25. The van der Waals surface area contributed by atoms with Gasteiger partial charge in [-0.25, -0.2) is 19.6 Å². The summed E-state index contributed by atoms with van der Waals surface area (Å²) >= 11 is 5.94. The van der Waals surface area contributed by atoms with E-state index in [9.17, 15) is 0 Å². The first-order valence-electron chi connectivity index (χ1n) is 8.88. The van der Waals surface area contributed by atoms with E-state index < -0.39 is 0 Å². The van der Waals surface area contributed by atoms with Gasteiger partial charge in [0.15, 0.2) is 5.65 Å². The van der Waals surface area contributed by atoms with Crippen molar-refractivity contribution < 1.29 is 0 Å². The summed E-state index contributed by atoms with van der Waals surface area (Å²) in [5.41, 5.74) is 11.3. The van der Waals surface area contributed by atoms with Crippen LogP contribution < -0.4 is 5.73 Å². The number of hydrogen-bond donors (Lipinski definition) is 1. The fourth-order valence-corrected chi connectivity index (χ4v) is 3.97. The predicted octanol–water partition coefficient (Wildman–Crippen LogP) is 3.85. The molecule has 3 heterocycles. The van der Waals surface area contributed by atoms with E-state index in [0.29, 0.717) is 11.0 Å². The van der Waals surface area contributed by atoms with E-state index in [4.69, 9.17) is 22.4 Å². The highest BCUT2D eigenvalue weighted by Gasteiger charge is 2.25. The Labute approximate surface area is 161 Å². The highest BCUT2D eigenvalue weighted by Crippen LogP contribution is 2.35. The first-order chi connectivity index (χ1) is 13.2. The summed E-state index contributed by atoms with van der Waals surface area (Å²) in [5, 5.41) is 6.10. The van der Waals surface area contributed by atoms with Crippen LogP contribution >= 0.6 is 11.6 Å². The van der Waals surface area contributed by atoms with Gasteiger partial charge in [0.1, 0.15) is 23.0 Å². The summed E-state index contributed by atoms with van der Waals surface area (Å²) < 4.78 is 2.01. The van der Waals surface area contributed by atoms with Crippen LogP contribution in [0.2, 0.25) is 5.15 Å². The number of nitrogens with two attached hydrogens (primary N) is 1. The lowest BCUT2D eigenvalue weighted by molar-refractivity contribution is 0.415. The normalized spacial score (nSPS) is 16.4. The summed E-state index contributed by atoms with van der Waals surface area (Å²) in [6, 6.07) is 12.5. The third kappa shape index (κ3) is 2.73. The number of halogens is 1. The fourth-order valence-electron chi connectivity index (χ4n) is 3.86. The average Bonchev–Trinajstić information content (AvgIpc) is 3.09. The van der Waals surface area contributed by atoms with Crippen LogP contribution in [0.3, 0.4) is 0 Å². The third-order valence-corrected chi connectivity index (χ3v) is 5.41. The SMILES string of the molecule is Nc1ncnc2c1c(-c1ccc(Cl)nc1)nn2C1CCc2ccccc2C1. The molecule has 0 bridgehead atoms. The molecular weight excluding hydrogens is 360 g/mol. The molecular formula is C20H17ClN6. The molecule has 27 heavy (non-hydrogen) atoms. The van der Waals surface area contributed by atoms with Gasteiger partial charge in [0.05, 0.1) is 11.4 Å². The largest absolute Gasteiger partial charge is 0.383 e. The van der Waals surface area contributed by atoms with Gasteiger partial charge >= 0.3 is 0 Å². The van der Waals surface area contributed by atoms with Gasteiger partial charge in [0.2, 0.25) is 0 Å². The summed E-state index contributed by atoms with van der Waals surface area (Å²) in [6.45, 7) is 0. The number of nitrogen functional groups attached to an aromatic ring is 1. The zero-order valence-corrected chi connectivity index (χ0v) is 15.3. The quantitative estimate of drug-likeness (QED) is 0.537. The molecule has 134 valence electrons. The second-order valence-electron chi connectivity index (χ2n) is 6.79. The number of benzene rings is 1. The highest BCUT2D eigenvalue weighted by atomic mass is 35.5. The number of rotatable bonds is 2. The lowest BCUT2D eigenvalue weighted by atomic mass is 9.88. The Bertz CT molecular complexity index is 1140. The number of fused-ring (bicyclic) bond motifs is 2. The van der Waals surface area contributed by atoms with Gasteiger partial charge in [-0.3, -0.25) is 0 Å². The van der Waals surface area contributed by atoms with Gasteiger partial charge in [-0.15, -0.1) is 0 Å². The Hall–Kier alpha value is -2.99. The standard InChI is InChI=1S/C20H17ClN6/c21-16-8-6-14(10-23-16)18-17-19(22)24-11-25-20(17)27(26-18)15-7-5-12-3-1-2-4-13(12)9-15/h1-4,6,8,10-11,15H,5,7,9H2,(H2,22,24,25). The van der Waals surface area contributed by atoms with Crippen LogP contribution in [0.15, 0.2) is 48.9 Å². The number of hydrogen-bond acceptors (Lipinski definition) is 5. The van der Waals surface area contributed by atoms with Crippen molar-refractivity contribution in [3.63, 3.8) is 0 Å². The molecule has 0 saturated heterocycles. The van der Waals surface area contributed by atoms with Crippen LogP contribution in [0.5, 0.6) is 0 Å². The van der Waals surface area contributed by atoms with E-state index in [-0.39, 0.29) is 6.04 Å². The topological polar surface area (TPSA) is 82.5 Å². The molecule has 1 unspecified atom stereocenters. The van der Waals surface area contributed by atoms with E-state index in [2.05, 4.69) is 39.2 Å². The van der Waals surface area contributed by atoms with Crippen molar-refractivity contribution in [2.75, 3.05) is 5.73 Å². The number of anilines is 1. The molecule has 0 fully saturated rings. The van der Waals surface area contributed by atoms with Gasteiger partial charge in [-0.1, -0.05) is 35.9 Å². The van der Waals surface area contributed by atoms with Gasteiger partial charge in [0, 0.05) is 11.8 Å². The Morgan fingerprint density at radius 2 is 1.89 bits per heavy atom. The molecule has 0 aliphatic heterocycles. The third-order valence-electron chi connectivity index (χ3n) is 5.19. The molecule has 0 amide bonds. The van der Waals surface area contributed by atoms with Crippen molar-refractivity contribution in [1.29, 1.82) is 0 Å². The molecule has 7 heteroatoms. The maximum atomic E-state index is 6.19. The summed E-state index contributed by atoms with van der Waals surface area (Å²) in [5.74, 6) is 0.424. The van der Waals surface area contributed by atoms with E-state index in [1.54, 1.807) is 12.3 Å². The number of aromatic nitrogens is 5. The van der Waals surface area contributed by atoms with E-state index in [1.807, 2.05) is 10.7 Å². The van der Waals surface area contributed by atoms with Gasteiger partial charge < -0.3 is 5.73 Å². The van der Waals surface area contributed by atoms with E-state index in [0.717, 1.165) is 41.6 Å². The van der Waals surface area contributed by atoms with Crippen LogP contribution in [0, 0.1) is 0 Å². The molecule has 0 saturated carbocycles. The summed E-state index contributed by atoms with van der Waals surface area (Å²) in [4.78, 5) is 12.9. The van der Waals surface area contributed by atoms with Crippen molar-refractivity contribution in [3.05, 3.63) is 65.2 Å². The first kappa shape index (κ1) is 16.2. The Morgan fingerprint density at radius 1 is 1.04 bits per heavy atom. The van der Waals surface area contributed by atoms with Crippen LogP contribution in [-0.4, -0.2) is 24.7 Å². The van der Waals surface area contributed by atoms with Gasteiger partial charge in [-0.2, -0.15) is 5.10 Å². The second-order valence-corrected chi connectivity index (χ2v) is 7.17. The van der Waals surface area contributed by atoms with Crippen molar-refractivity contribution >= 4 is 28.5 Å². The number of pyridine rings is 1. The summed E-state index contributed by atoms with van der Waals surface area (Å²) in [6.07, 6.45) is 6.17. The molecule has 5 rings (SSSR count). The fraction of sp³-hybridized carbons (Fsp3) is 0.200. The molecule has 6 nitrogen and oxygen atoms in total. The van der Waals surface area contributed by atoms with E-state index in [1.165, 1.54) is 17.5 Å². The summed E-state index contributed by atoms with van der Waals surface area (Å²) in [7, 11) is 0. The van der Waals surface area contributed by atoms with Gasteiger partial charge in [-0.05, 0) is 42.5 Å². The minimum Gasteiger partial charge on any atom is -0.383 e. The molecule has 1 aliphatic rings. The average molecular weight is 377 g/mol. The molecule has 1 aromatic carbocycles.